The number of hydrogen-bond donors (Lipinski definition) is 1. The fourth-order valence-electron chi connectivity index (χ4n) is 1.96. The number of hydrogen-bond acceptors (Lipinski definition) is 2. The molecule has 1 aliphatic rings. The van der Waals surface area contributed by atoms with Crippen molar-refractivity contribution in [3.63, 3.8) is 0 Å². The Bertz CT molecular complexity index is 336. The fourth-order valence-corrected chi connectivity index (χ4v) is 3.00. The van der Waals surface area contributed by atoms with E-state index in [1.54, 1.807) is 0 Å². The maximum Gasteiger partial charge on any atom is 0.0496 e. The third-order valence-corrected chi connectivity index (χ3v) is 3.87. The second-order valence-corrected chi connectivity index (χ2v) is 5.10. The minimum atomic E-state index is 0.363. The summed E-state index contributed by atoms with van der Waals surface area (Å²) in [4.78, 5) is 2.34. The Morgan fingerprint density at radius 1 is 1.53 bits per heavy atom. The largest absolute Gasteiger partial charge is 0.314 e. The first-order chi connectivity index (χ1) is 7.20. The van der Waals surface area contributed by atoms with Crippen LogP contribution in [0.25, 0.3) is 0 Å². The van der Waals surface area contributed by atoms with Gasteiger partial charge in [0.1, 0.15) is 0 Å². The molecule has 0 bridgehead atoms. The summed E-state index contributed by atoms with van der Waals surface area (Å²) in [6.45, 7) is 3.07. The summed E-state index contributed by atoms with van der Waals surface area (Å²) >= 11 is 9.81. The minimum Gasteiger partial charge on any atom is -0.314 e. The Kier molecular flexibility index (Phi) is 3.67. The van der Waals surface area contributed by atoms with E-state index in [0.717, 1.165) is 29.1 Å². The maximum absolute atomic E-state index is 6.24. The molecule has 1 heterocycles. The zero-order valence-electron chi connectivity index (χ0n) is 8.63. The summed E-state index contributed by atoms with van der Waals surface area (Å²) in [5.41, 5.74) is 1.19. The van der Waals surface area contributed by atoms with Crippen molar-refractivity contribution in [3.8, 4) is 0 Å². The highest BCUT2D eigenvalue weighted by Gasteiger charge is 2.24. The maximum atomic E-state index is 6.24. The molecule has 0 amide bonds. The Morgan fingerprint density at radius 3 is 3.00 bits per heavy atom. The van der Waals surface area contributed by atoms with Crippen LogP contribution in [-0.2, 0) is 0 Å². The van der Waals surface area contributed by atoms with Crippen molar-refractivity contribution in [1.29, 1.82) is 0 Å². The Hall–Kier alpha value is -0.0900. The van der Waals surface area contributed by atoms with Gasteiger partial charge in [-0.2, -0.15) is 0 Å². The van der Waals surface area contributed by atoms with Crippen LogP contribution in [0, 0.1) is 0 Å². The lowest BCUT2D eigenvalue weighted by atomic mass is 10.0. The van der Waals surface area contributed by atoms with Crippen LogP contribution in [0.3, 0.4) is 0 Å². The lowest BCUT2D eigenvalue weighted by Gasteiger charge is -2.34. The quantitative estimate of drug-likeness (QED) is 0.855. The van der Waals surface area contributed by atoms with Gasteiger partial charge in [0.15, 0.2) is 0 Å². The van der Waals surface area contributed by atoms with Crippen molar-refractivity contribution < 1.29 is 0 Å². The van der Waals surface area contributed by atoms with E-state index in [0.29, 0.717) is 6.04 Å². The van der Waals surface area contributed by atoms with E-state index in [2.05, 4.69) is 33.2 Å². The van der Waals surface area contributed by atoms with Gasteiger partial charge in [0.05, 0.1) is 0 Å². The Labute approximate surface area is 104 Å². The van der Waals surface area contributed by atoms with Crippen LogP contribution in [0.2, 0.25) is 5.02 Å². The van der Waals surface area contributed by atoms with Crippen molar-refractivity contribution in [3.05, 3.63) is 33.3 Å². The number of halogens is 2. The average molecular weight is 290 g/mol. The molecule has 15 heavy (non-hydrogen) atoms. The van der Waals surface area contributed by atoms with Crippen LogP contribution in [0.5, 0.6) is 0 Å². The molecule has 0 aromatic heterocycles. The van der Waals surface area contributed by atoms with Crippen molar-refractivity contribution in [1.82, 2.24) is 10.2 Å². The zero-order valence-corrected chi connectivity index (χ0v) is 11.0. The van der Waals surface area contributed by atoms with Gasteiger partial charge in [-0.15, -0.1) is 0 Å². The first kappa shape index (κ1) is 11.4. The van der Waals surface area contributed by atoms with Crippen molar-refractivity contribution in [2.75, 3.05) is 26.7 Å². The van der Waals surface area contributed by atoms with Crippen LogP contribution in [0.1, 0.15) is 11.6 Å². The van der Waals surface area contributed by atoms with Crippen LogP contribution in [0.4, 0.5) is 0 Å². The van der Waals surface area contributed by atoms with E-state index in [1.165, 1.54) is 5.56 Å². The fraction of sp³-hybridized carbons (Fsp3) is 0.455. The number of piperazine rings is 1. The number of likely N-dealkylation sites (N-methyl/N-ethyl adjacent to an activating group) is 1. The molecule has 1 aromatic carbocycles. The molecule has 4 heteroatoms. The van der Waals surface area contributed by atoms with Gasteiger partial charge in [-0.1, -0.05) is 33.6 Å². The zero-order chi connectivity index (χ0) is 10.8. The Morgan fingerprint density at radius 2 is 2.33 bits per heavy atom. The molecule has 2 nitrogen and oxygen atoms in total. The van der Waals surface area contributed by atoms with E-state index in [-0.39, 0.29) is 0 Å². The van der Waals surface area contributed by atoms with Crippen molar-refractivity contribution in [2.24, 2.45) is 0 Å². The van der Waals surface area contributed by atoms with Crippen molar-refractivity contribution in [2.45, 2.75) is 6.04 Å². The third kappa shape index (κ3) is 2.36. The van der Waals surface area contributed by atoms with Gasteiger partial charge in [-0.05, 0) is 19.2 Å². The number of rotatable bonds is 1. The minimum absolute atomic E-state index is 0.363. The average Bonchev–Trinajstić information content (AvgIpc) is 2.20. The van der Waals surface area contributed by atoms with Gasteiger partial charge < -0.3 is 5.32 Å². The SMILES string of the molecule is CN1CCNCC1c1c(Cl)cccc1Br. The molecular weight excluding hydrogens is 275 g/mol. The number of benzene rings is 1. The van der Waals surface area contributed by atoms with Gasteiger partial charge in [-0.25, -0.2) is 0 Å². The monoisotopic (exact) mass is 288 g/mol. The van der Waals surface area contributed by atoms with Gasteiger partial charge >= 0.3 is 0 Å². The summed E-state index contributed by atoms with van der Waals surface area (Å²) in [6.07, 6.45) is 0. The number of nitrogens with zero attached hydrogens (tertiary/aromatic N) is 1. The molecule has 82 valence electrons. The lowest BCUT2D eigenvalue weighted by Crippen LogP contribution is -2.44. The van der Waals surface area contributed by atoms with Crippen LogP contribution >= 0.6 is 27.5 Å². The summed E-state index contributed by atoms with van der Waals surface area (Å²) in [7, 11) is 2.14. The highest BCUT2D eigenvalue weighted by molar-refractivity contribution is 9.10. The Balaban J connectivity index is 2.35. The molecule has 1 N–H and O–H groups in total. The van der Waals surface area contributed by atoms with Gasteiger partial charge in [0.2, 0.25) is 0 Å². The second-order valence-electron chi connectivity index (χ2n) is 3.84. The predicted octanol–water partition coefficient (Wildman–Crippen LogP) is 2.68. The van der Waals surface area contributed by atoms with Crippen LogP contribution in [-0.4, -0.2) is 31.6 Å². The van der Waals surface area contributed by atoms with E-state index >= 15 is 0 Å². The van der Waals surface area contributed by atoms with Crippen molar-refractivity contribution >= 4 is 27.5 Å². The predicted molar refractivity (Wildman–Crippen MR) is 67.4 cm³/mol. The third-order valence-electron chi connectivity index (χ3n) is 2.84. The first-order valence-corrected chi connectivity index (χ1v) is 6.22. The summed E-state index contributed by atoms with van der Waals surface area (Å²) < 4.78 is 1.09. The summed E-state index contributed by atoms with van der Waals surface area (Å²) in [6, 6.07) is 6.32. The molecule has 1 saturated heterocycles. The summed E-state index contributed by atoms with van der Waals surface area (Å²) in [5.74, 6) is 0. The van der Waals surface area contributed by atoms with E-state index in [9.17, 15) is 0 Å². The molecule has 1 unspecified atom stereocenters. The molecule has 0 aliphatic carbocycles. The lowest BCUT2D eigenvalue weighted by molar-refractivity contribution is 0.202. The van der Waals surface area contributed by atoms with E-state index < -0.39 is 0 Å². The highest BCUT2D eigenvalue weighted by atomic mass is 79.9. The normalized spacial score (nSPS) is 23.0. The molecular formula is C11H14BrClN2. The number of nitrogens with one attached hydrogen (secondary N) is 1. The topological polar surface area (TPSA) is 15.3 Å². The molecule has 0 spiro atoms. The van der Waals surface area contributed by atoms with E-state index in [4.69, 9.17) is 11.6 Å². The molecule has 0 saturated carbocycles. The molecule has 1 aliphatic heterocycles. The molecule has 0 radical (unpaired) electrons. The van der Waals surface area contributed by atoms with Gasteiger partial charge in [0.25, 0.3) is 0 Å². The van der Waals surface area contributed by atoms with Crippen LogP contribution < -0.4 is 5.32 Å². The first-order valence-electron chi connectivity index (χ1n) is 5.05. The smallest absolute Gasteiger partial charge is 0.0496 e. The van der Waals surface area contributed by atoms with Gasteiger partial charge in [0, 0.05) is 40.7 Å². The molecule has 1 atom stereocenters. The summed E-state index contributed by atoms with van der Waals surface area (Å²) in [5, 5.41) is 4.23. The molecule has 1 fully saturated rings. The highest BCUT2D eigenvalue weighted by Crippen LogP contribution is 2.33. The van der Waals surface area contributed by atoms with Gasteiger partial charge in [-0.3, -0.25) is 4.90 Å². The molecule has 2 rings (SSSR count). The second kappa shape index (κ2) is 4.83. The van der Waals surface area contributed by atoms with Crippen LogP contribution in [0.15, 0.2) is 22.7 Å². The standard InChI is InChI=1S/C11H14BrClN2/c1-15-6-5-14-7-10(15)11-8(12)3-2-4-9(11)13/h2-4,10,14H,5-7H2,1H3. The molecule has 1 aromatic rings. The van der Waals surface area contributed by atoms with E-state index in [1.807, 2.05) is 18.2 Å².